The van der Waals surface area contributed by atoms with Crippen LogP contribution in [0.15, 0.2) is 78.9 Å². The van der Waals surface area contributed by atoms with Gasteiger partial charge in [0.15, 0.2) is 0 Å². The molecule has 3 aromatic rings. The zero-order chi connectivity index (χ0) is 22.5. The molecule has 0 spiro atoms. The van der Waals surface area contributed by atoms with Crippen molar-refractivity contribution >= 4 is 23.4 Å². The molecule has 3 aromatic carbocycles. The summed E-state index contributed by atoms with van der Waals surface area (Å²) in [7, 11) is 1.71. The number of nitrogens with one attached hydrogen (secondary N) is 2. The van der Waals surface area contributed by atoms with Gasteiger partial charge in [-0.15, -0.1) is 0 Å². The maximum absolute atomic E-state index is 13.1. The number of anilines is 1. The molecular weight excluding hydrogens is 402 g/mol. The van der Waals surface area contributed by atoms with Gasteiger partial charge in [0.2, 0.25) is 0 Å². The Bertz CT molecular complexity index is 1120. The predicted octanol–water partition coefficient (Wildman–Crippen LogP) is 4.10. The molecule has 0 unspecified atom stereocenters. The van der Waals surface area contributed by atoms with Gasteiger partial charge in [-0.3, -0.25) is 14.4 Å². The van der Waals surface area contributed by atoms with Gasteiger partial charge in [-0.2, -0.15) is 0 Å². The molecule has 162 valence electrons. The Balaban J connectivity index is 1.42. The molecule has 6 nitrogen and oxygen atoms in total. The fraction of sp³-hybridized carbons (Fsp3) is 0.192. The van der Waals surface area contributed by atoms with Gasteiger partial charge in [-0.05, 0) is 54.8 Å². The summed E-state index contributed by atoms with van der Waals surface area (Å²) >= 11 is 0. The maximum atomic E-state index is 13.1. The number of hydrogen-bond donors (Lipinski definition) is 2. The monoisotopic (exact) mass is 427 g/mol. The fourth-order valence-corrected chi connectivity index (χ4v) is 3.37. The summed E-state index contributed by atoms with van der Waals surface area (Å²) in [6.07, 6.45) is 2.09. The van der Waals surface area contributed by atoms with E-state index in [1.807, 2.05) is 18.2 Å². The smallest absolute Gasteiger partial charge is 0.256 e. The third kappa shape index (κ3) is 5.21. The lowest BCUT2D eigenvalue weighted by atomic mass is 10.1. The van der Waals surface area contributed by atoms with Gasteiger partial charge >= 0.3 is 0 Å². The molecule has 0 heterocycles. The molecule has 0 atom stereocenters. The van der Waals surface area contributed by atoms with Crippen molar-refractivity contribution in [3.05, 3.63) is 101 Å². The zero-order valence-corrected chi connectivity index (χ0v) is 17.9. The van der Waals surface area contributed by atoms with Gasteiger partial charge in [-0.25, -0.2) is 0 Å². The Morgan fingerprint density at radius 1 is 0.812 bits per heavy atom. The minimum Gasteiger partial charge on any atom is -0.349 e. The Morgan fingerprint density at radius 2 is 1.44 bits per heavy atom. The highest BCUT2D eigenvalue weighted by Crippen LogP contribution is 2.21. The van der Waals surface area contributed by atoms with E-state index >= 15 is 0 Å². The van der Waals surface area contributed by atoms with Crippen LogP contribution in [0.5, 0.6) is 0 Å². The molecule has 0 saturated heterocycles. The van der Waals surface area contributed by atoms with Crippen molar-refractivity contribution in [2.45, 2.75) is 25.4 Å². The Labute approximate surface area is 187 Å². The highest BCUT2D eigenvalue weighted by atomic mass is 16.2. The lowest BCUT2D eigenvalue weighted by molar-refractivity contribution is 0.0785. The van der Waals surface area contributed by atoms with Crippen molar-refractivity contribution in [2.75, 3.05) is 12.4 Å². The first-order chi connectivity index (χ1) is 15.5. The third-order valence-corrected chi connectivity index (χ3v) is 5.34. The summed E-state index contributed by atoms with van der Waals surface area (Å²) < 4.78 is 0. The van der Waals surface area contributed by atoms with Crippen LogP contribution in [0.3, 0.4) is 0 Å². The summed E-state index contributed by atoms with van der Waals surface area (Å²) in [6, 6.07) is 23.4. The number of nitrogens with zero attached hydrogens (tertiary/aromatic N) is 1. The fourth-order valence-electron chi connectivity index (χ4n) is 3.37. The van der Waals surface area contributed by atoms with E-state index in [4.69, 9.17) is 0 Å². The minimum atomic E-state index is -0.270. The summed E-state index contributed by atoms with van der Waals surface area (Å²) in [4.78, 5) is 39.4. The van der Waals surface area contributed by atoms with E-state index in [2.05, 4.69) is 10.6 Å². The molecule has 1 saturated carbocycles. The molecule has 2 N–H and O–H groups in total. The Hall–Kier alpha value is -3.93. The van der Waals surface area contributed by atoms with E-state index in [1.54, 1.807) is 72.6 Å². The van der Waals surface area contributed by atoms with Crippen LogP contribution < -0.4 is 10.6 Å². The summed E-state index contributed by atoms with van der Waals surface area (Å²) in [5.41, 5.74) is 2.93. The summed E-state index contributed by atoms with van der Waals surface area (Å²) in [5.74, 6) is -0.537. The van der Waals surface area contributed by atoms with Crippen LogP contribution in [-0.4, -0.2) is 35.7 Å². The van der Waals surface area contributed by atoms with Crippen LogP contribution in [0.2, 0.25) is 0 Å². The molecule has 4 rings (SSSR count). The lowest BCUT2D eigenvalue weighted by Gasteiger charge is -2.19. The van der Waals surface area contributed by atoms with Gasteiger partial charge in [-0.1, -0.05) is 42.5 Å². The van der Waals surface area contributed by atoms with E-state index in [9.17, 15) is 14.4 Å². The van der Waals surface area contributed by atoms with Crippen LogP contribution in [0.4, 0.5) is 5.69 Å². The summed E-state index contributed by atoms with van der Waals surface area (Å²) in [6.45, 7) is 0.379. The van der Waals surface area contributed by atoms with E-state index in [0.29, 0.717) is 35.0 Å². The molecule has 0 aliphatic heterocycles. The van der Waals surface area contributed by atoms with Crippen molar-refractivity contribution in [2.24, 2.45) is 0 Å². The first-order valence-corrected chi connectivity index (χ1v) is 10.6. The molecule has 0 radical (unpaired) electrons. The van der Waals surface area contributed by atoms with E-state index in [0.717, 1.165) is 18.4 Å². The van der Waals surface area contributed by atoms with Crippen LogP contribution in [0.1, 0.15) is 49.5 Å². The summed E-state index contributed by atoms with van der Waals surface area (Å²) in [5, 5.41) is 5.80. The van der Waals surface area contributed by atoms with E-state index in [-0.39, 0.29) is 17.7 Å². The van der Waals surface area contributed by atoms with Crippen molar-refractivity contribution in [1.29, 1.82) is 0 Å². The second kappa shape index (κ2) is 9.47. The zero-order valence-electron chi connectivity index (χ0n) is 17.9. The van der Waals surface area contributed by atoms with Gasteiger partial charge in [0.25, 0.3) is 17.7 Å². The number of rotatable bonds is 7. The third-order valence-electron chi connectivity index (χ3n) is 5.34. The molecule has 32 heavy (non-hydrogen) atoms. The average molecular weight is 428 g/mol. The van der Waals surface area contributed by atoms with E-state index < -0.39 is 0 Å². The van der Waals surface area contributed by atoms with Crippen LogP contribution in [0.25, 0.3) is 0 Å². The highest BCUT2D eigenvalue weighted by molar-refractivity contribution is 6.08. The molecule has 1 aliphatic carbocycles. The first kappa shape index (κ1) is 21.3. The second-order valence-electron chi connectivity index (χ2n) is 7.97. The SMILES string of the molecule is CN(Cc1ccc(C(=O)NC2CC2)cc1)C(=O)c1ccccc1NC(=O)c1ccccc1. The molecule has 1 aliphatic rings. The van der Waals surface area contributed by atoms with Crippen molar-refractivity contribution < 1.29 is 14.4 Å². The predicted molar refractivity (Wildman–Crippen MR) is 124 cm³/mol. The van der Waals surface area contributed by atoms with Crippen molar-refractivity contribution in [1.82, 2.24) is 10.2 Å². The number of amides is 3. The van der Waals surface area contributed by atoms with Crippen LogP contribution in [0, 0.1) is 0 Å². The standard InChI is InChI=1S/C26H25N3O3/c1-29(17-18-11-13-20(14-12-18)24(30)27-21-15-16-21)26(32)22-9-5-6-10-23(22)28-25(31)19-7-3-2-4-8-19/h2-14,21H,15-17H2,1H3,(H,27,30)(H,28,31). The number of carbonyl (C=O) groups excluding carboxylic acids is 3. The molecule has 1 fully saturated rings. The van der Waals surface area contributed by atoms with Gasteiger partial charge in [0, 0.05) is 30.8 Å². The number of hydrogen-bond acceptors (Lipinski definition) is 3. The Morgan fingerprint density at radius 3 is 2.12 bits per heavy atom. The maximum Gasteiger partial charge on any atom is 0.256 e. The minimum absolute atomic E-state index is 0.0634. The topological polar surface area (TPSA) is 78.5 Å². The van der Waals surface area contributed by atoms with Gasteiger partial charge in [0.1, 0.15) is 0 Å². The quantitative estimate of drug-likeness (QED) is 0.596. The average Bonchev–Trinajstić information content (AvgIpc) is 3.64. The second-order valence-corrected chi connectivity index (χ2v) is 7.97. The van der Waals surface area contributed by atoms with Gasteiger partial charge in [0.05, 0.1) is 11.3 Å². The normalized spacial score (nSPS) is 12.7. The van der Waals surface area contributed by atoms with E-state index in [1.165, 1.54) is 0 Å². The van der Waals surface area contributed by atoms with Crippen molar-refractivity contribution in [3.63, 3.8) is 0 Å². The van der Waals surface area contributed by atoms with Gasteiger partial charge < -0.3 is 15.5 Å². The number of carbonyl (C=O) groups is 3. The lowest BCUT2D eigenvalue weighted by Crippen LogP contribution is -2.28. The van der Waals surface area contributed by atoms with Crippen molar-refractivity contribution in [3.8, 4) is 0 Å². The highest BCUT2D eigenvalue weighted by Gasteiger charge is 2.23. The first-order valence-electron chi connectivity index (χ1n) is 10.6. The largest absolute Gasteiger partial charge is 0.349 e. The molecule has 0 aromatic heterocycles. The Kier molecular flexibility index (Phi) is 6.31. The molecule has 6 heteroatoms. The molecule has 3 amide bonds. The van der Waals surface area contributed by atoms with Crippen LogP contribution >= 0.6 is 0 Å². The van der Waals surface area contributed by atoms with Crippen LogP contribution in [-0.2, 0) is 6.54 Å². The number of para-hydroxylation sites is 1. The molecule has 0 bridgehead atoms. The number of benzene rings is 3. The molecular formula is C26H25N3O3.